The highest BCUT2D eigenvalue weighted by Gasteiger charge is 2.10. The van der Waals surface area contributed by atoms with Crippen molar-refractivity contribution in [2.24, 2.45) is 0 Å². The van der Waals surface area contributed by atoms with Gasteiger partial charge in [0, 0.05) is 35.6 Å². The minimum atomic E-state index is -0.345. The van der Waals surface area contributed by atoms with Crippen LogP contribution in [0.25, 0.3) is 22.2 Å². The monoisotopic (exact) mass is 357 g/mol. The highest BCUT2D eigenvalue weighted by atomic mass is 16.2. The van der Waals surface area contributed by atoms with Crippen molar-refractivity contribution in [3.05, 3.63) is 83.5 Å². The summed E-state index contributed by atoms with van der Waals surface area (Å²) in [5.74, 6) is -0.340. The first-order valence-electron chi connectivity index (χ1n) is 8.33. The first-order valence-corrected chi connectivity index (χ1v) is 8.33. The van der Waals surface area contributed by atoms with E-state index < -0.39 is 0 Å². The molecule has 7 heteroatoms. The normalized spacial score (nSPS) is 10.7. The van der Waals surface area contributed by atoms with E-state index in [1.54, 1.807) is 42.9 Å². The molecule has 1 aromatic carbocycles. The Labute approximate surface area is 154 Å². The van der Waals surface area contributed by atoms with Gasteiger partial charge in [-0.05, 0) is 42.5 Å². The Balaban J connectivity index is 1.59. The fourth-order valence-corrected chi connectivity index (χ4v) is 2.78. The number of aromatic nitrogens is 4. The van der Waals surface area contributed by atoms with Crippen molar-refractivity contribution < 1.29 is 4.79 Å². The van der Waals surface area contributed by atoms with E-state index in [1.807, 2.05) is 24.3 Å². The number of carbonyl (C=O) groups is 1. The van der Waals surface area contributed by atoms with Gasteiger partial charge in [0.15, 0.2) is 0 Å². The van der Waals surface area contributed by atoms with Gasteiger partial charge in [0.2, 0.25) is 5.91 Å². The summed E-state index contributed by atoms with van der Waals surface area (Å²) < 4.78 is 1.15. The Morgan fingerprint density at radius 2 is 1.81 bits per heavy atom. The molecule has 132 valence electrons. The van der Waals surface area contributed by atoms with Gasteiger partial charge < -0.3 is 5.32 Å². The molecule has 0 unspecified atom stereocenters. The topological polar surface area (TPSA) is 89.8 Å². The van der Waals surface area contributed by atoms with Gasteiger partial charge in [-0.25, -0.2) is 4.68 Å². The van der Waals surface area contributed by atoms with E-state index in [0.29, 0.717) is 11.4 Å². The minimum absolute atomic E-state index is 0.186. The van der Waals surface area contributed by atoms with Crippen LogP contribution in [0.1, 0.15) is 0 Å². The molecule has 0 aliphatic heterocycles. The molecule has 0 bridgehead atoms. The second kappa shape index (κ2) is 7.17. The maximum absolute atomic E-state index is 12.5. The summed E-state index contributed by atoms with van der Waals surface area (Å²) >= 11 is 0. The van der Waals surface area contributed by atoms with Crippen LogP contribution < -0.4 is 10.9 Å². The van der Waals surface area contributed by atoms with Gasteiger partial charge in [-0.2, -0.15) is 5.10 Å². The summed E-state index contributed by atoms with van der Waals surface area (Å²) in [4.78, 5) is 32.8. The van der Waals surface area contributed by atoms with Crippen LogP contribution in [-0.2, 0) is 11.3 Å². The van der Waals surface area contributed by atoms with Gasteiger partial charge in [0.05, 0.1) is 16.9 Å². The number of benzene rings is 1. The van der Waals surface area contributed by atoms with Crippen LogP contribution in [0.4, 0.5) is 5.69 Å². The Kier molecular flexibility index (Phi) is 4.40. The van der Waals surface area contributed by atoms with Crippen molar-refractivity contribution >= 4 is 22.5 Å². The maximum Gasteiger partial charge on any atom is 0.267 e. The molecule has 3 aromatic heterocycles. The number of fused-ring (bicyclic) bond motifs is 1. The Bertz CT molecular complexity index is 1170. The number of hydrogen-bond acceptors (Lipinski definition) is 5. The van der Waals surface area contributed by atoms with Gasteiger partial charge in [-0.15, -0.1) is 0 Å². The van der Waals surface area contributed by atoms with E-state index in [2.05, 4.69) is 20.4 Å². The molecule has 4 aromatic rings. The zero-order chi connectivity index (χ0) is 18.6. The molecular formula is C20H15N5O2. The molecule has 4 rings (SSSR count). The summed E-state index contributed by atoms with van der Waals surface area (Å²) in [6, 6.07) is 15.8. The second-order valence-corrected chi connectivity index (χ2v) is 5.87. The van der Waals surface area contributed by atoms with Crippen LogP contribution >= 0.6 is 0 Å². The number of rotatable bonds is 4. The lowest BCUT2D eigenvalue weighted by atomic mass is 10.2. The quantitative estimate of drug-likeness (QED) is 0.606. The average molecular weight is 357 g/mol. The van der Waals surface area contributed by atoms with Gasteiger partial charge in [-0.3, -0.25) is 19.6 Å². The Morgan fingerprint density at radius 1 is 0.963 bits per heavy atom. The number of hydrogen-bond donors (Lipinski definition) is 1. The summed E-state index contributed by atoms with van der Waals surface area (Å²) in [6.45, 7) is -0.186. The zero-order valence-electron chi connectivity index (χ0n) is 14.2. The van der Waals surface area contributed by atoms with E-state index in [9.17, 15) is 9.59 Å². The molecule has 1 N–H and O–H groups in total. The lowest BCUT2D eigenvalue weighted by molar-refractivity contribution is -0.117. The van der Waals surface area contributed by atoms with Crippen LogP contribution in [0.2, 0.25) is 0 Å². The standard InChI is InChI=1S/C20H15N5O2/c26-19(23-18-5-1-4-17-15(18)3-2-10-22-17)13-25-20(27)7-6-16(24-25)14-8-11-21-12-9-14/h1-12H,13H2,(H,23,26). The molecule has 0 saturated heterocycles. The van der Waals surface area contributed by atoms with Crippen molar-refractivity contribution in [2.45, 2.75) is 6.54 Å². The number of amides is 1. The zero-order valence-corrected chi connectivity index (χ0v) is 14.2. The summed E-state index contributed by atoms with van der Waals surface area (Å²) in [6.07, 6.45) is 4.99. The fraction of sp³-hybridized carbons (Fsp3) is 0.0500. The lowest BCUT2D eigenvalue weighted by Crippen LogP contribution is -2.29. The predicted molar refractivity (Wildman–Crippen MR) is 102 cm³/mol. The largest absolute Gasteiger partial charge is 0.324 e. The molecule has 27 heavy (non-hydrogen) atoms. The van der Waals surface area contributed by atoms with Gasteiger partial charge in [0.1, 0.15) is 6.54 Å². The molecule has 0 fully saturated rings. The predicted octanol–water partition coefficient (Wildman–Crippen LogP) is 2.49. The molecule has 0 atom stereocenters. The third kappa shape index (κ3) is 3.57. The molecular weight excluding hydrogens is 342 g/mol. The van der Waals surface area contributed by atoms with E-state index in [4.69, 9.17) is 0 Å². The van der Waals surface area contributed by atoms with Gasteiger partial charge >= 0.3 is 0 Å². The molecule has 0 saturated carbocycles. The van der Waals surface area contributed by atoms with Crippen LogP contribution in [0, 0.1) is 0 Å². The summed E-state index contributed by atoms with van der Waals surface area (Å²) in [5.41, 5.74) is 2.50. The van der Waals surface area contributed by atoms with Gasteiger partial charge in [-0.1, -0.05) is 6.07 Å². The maximum atomic E-state index is 12.5. The first kappa shape index (κ1) is 16.6. The number of anilines is 1. The fourth-order valence-electron chi connectivity index (χ4n) is 2.78. The number of pyridine rings is 2. The van der Waals surface area contributed by atoms with Crippen LogP contribution in [0.3, 0.4) is 0 Å². The van der Waals surface area contributed by atoms with Crippen LogP contribution in [0.15, 0.2) is 78.0 Å². The first-order chi connectivity index (χ1) is 13.2. The molecule has 0 aliphatic rings. The van der Waals surface area contributed by atoms with Crippen molar-refractivity contribution in [2.75, 3.05) is 5.32 Å². The Hall–Kier alpha value is -3.87. The third-order valence-electron chi connectivity index (χ3n) is 4.06. The van der Waals surface area contributed by atoms with Gasteiger partial charge in [0.25, 0.3) is 5.56 Å². The molecule has 3 heterocycles. The van der Waals surface area contributed by atoms with Crippen molar-refractivity contribution in [1.82, 2.24) is 19.7 Å². The summed E-state index contributed by atoms with van der Waals surface area (Å²) in [5, 5.41) is 7.95. The van der Waals surface area contributed by atoms with E-state index in [1.165, 1.54) is 6.07 Å². The average Bonchev–Trinajstić information content (AvgIpc) is 2.70. The second-order valence-electron chi connectivity index (χ2n) is 5.87. The van der Waals surface area contributed by atoms with Crippen LogP contribution in [-0.4, -0.2) is 25.7 Å². The van der Waals surface area contributed by atoms with E-state index in [0.717, 1.165) is 21.1 Å². The number of nitrogens with one attached hydrogen (secondary N) is 1. The number of carbonyl (C=O) groups excluding carboxylic acids is 1. The van der Waals surface area contributed by atoms with Crippen molar-refractivity contribution in [3.8, 4) is 11.3 Å². The number of nitrogens with zero attached hydrogens (tertiary/aromatic N) is 4. The Morgan fingerprint density at radius 3 is 2.67 bits per heavy atom. The lowest BCUT2D eigenvalue weighted by Gasteiger charge is -2.10. The van der Waals surface area contributed by atoms with Crippen molar-refractivity contribution in [1.29, 1.82) is 0 Å². The van der Waals surface area contributed by atoms with E-state index in [-0.39, 0.29) is 18.0 Å². The molecule has 0 radical (unpaired) electrons. The minimum Gasteiger partial charge on any atom is -0.324 e. The van der Waals surface area contributed by atoms with E-state index >= 15 is 0 Å². The van der Waals surface area contributed by atoms with Crippen LogP contribution in [0.5, 0.6) is 0 Å². The molecule has 1 amide bonds. The molecule has 7 nitrogen and oxygen atoms in total. The summed E-state index contributed by atoms with van der Waals surface area (Å²) in [7, 11) is 0. The highest BCUT2D eigenvalue weighted by Crippen LogP contribution is 2.21. The molecule has 0 spiro atoms. The third-order valence-corrected chi connectivity index (χ3v) is 4.06. The smallest absolute Gasteiger partial charge is 0.267 e. The van der Waals surface area contributed by atoms with Crippen molar-refractivity contribution in [3.63, 3.8) is 0 Å². The SMILES string of the molecule is O=C(Cn1nc(-c2ccncc2)ccc1=O)Nc1cccc2ncccc12. The molecule has 0 aliphatic carbocycles. The highest BCUT2D eigenvalue weighted by molar-refractivity contribution is 6.00.